The highest BCUT2D eigenvalue weighted by molar-refractivity contribution is 5.91. The molecular formula is C39H56N8O5. The number of alkyl carbamates (subject to hydrolysis) is 1. The molecule has 2 aromatic heterocycles. The molecule has 4 atom stereocenters. The second-order valence-corrected chi connectivity index (χ2v) is 14.1. The number of imidazole rings is 1. The third-order valence-electron chi connectivity index (χ3n) is 10.1. The summed E-state index contributed by atoms with van der Waals surface area (Å²) in [5, 5.41) is 23.6. The summed E-state index contributed by atoms with van der Waals surface area (Å²) >= 11 is 0. The number of aromatic amines is 1. The second kappa shape index (κ2) is 21.3. The van der Waals surface area contributed by atoms with Gasteiger partial charge >= 0.3 is 6.09 Å². The van der Waals surface area contributed by atoms with Crippen LogP contribution in [-0.2, 0) is 33.6 Å². The van der Waals surface area contributed by atoms with Crippen LogP contribution in [-0.4, -0.2) is 106 Å². The Hall–Kier alpha value is -4.33. The van der Waals surface area contributed by atoms with Crippen molar-refractivity contribution in [3.63, 3.8) is 0 Å². The number of nitrogens with zero attached hydrogens (tertiary/aromatic N) is 3. The molecule has 3 aromatic rings. The number of nitrogens with one attached hydrogen (secondary N) is 5. The smallest absolute Gasteiger partial charge is 0.407 e. The summed E-state index contributed by atoms with van der Waals surface area (Å²) in [6.07, 6.45) is 12.1. The molecule has 2 fully saturated rings. The SMILES string of the molecule is O=C(N[C@@H](Cc1ccccc1)C(=O)N[C@@H](Cc1cnc[nH]1)C(=O)N[C@@H](CC1CCCCC1)[C@@H](O)CCCc1ccccn1)OCCN1CCNCC1. The number of piperazine rings is 1. The van der Waals surface area contributed by atoms with Crippen LogP contribution in [0, 0.1) is 5.92 Å². The maximum Gasteiger partial charge on any atom is 0.407 e. The Morgan fingerprint density at radius 1 is 0.923 bits per heavy atom. The molecule has 0 unspecified atom stereocenters. The van der Waals surface area contributed by atoms with Gasteiger partial charge in [-0.25, -0.2) is 9.78 Å². The first kappa shape index (κ1) is 38.9. The van der Waals surface area contributed by atoms with Crippen LogP contribution >= 0.6 is 0 Å². The molecule has 282 valence electrons. The molecule has 1 saturated carbocycles. The first-order chi connectivity index (χ1) is 25.4. The van der Waals surface area contributed by atoms with Crippen molar-refractivity contribution in [2.45, 2.75) is 94.9 Å². The summed E-state index contributed by atoms with van der Waals surface area (Å²) in [6.45, 7) is 4.36. The number of hydrogen-bond acceptors (Lipinski definition) is 9. The number of H-pyrrole nitrogens is 1. The summed E-state index contributed by atoms with van der Waals surface area (Å²) in [4.78, 5) is 54.9. The molecule has 13 nitrogen and oxygen atoms in total. The van der Waals surface area contributed by atoms with Gasteiger partial charge in [-0.15, -0.1) is 0 Å². The lowest BCUT2D eigenvalue weighted by molar-refractivity contribution is -0.131. The van der Waals surface area contributed by atoms with E-state index in [1.807, 2.05) is 48.5 Å². The minimum absolute atomic E-state index is 0.149. The van der Waals surface area contributed by atoms with E-state index in [0.717, 1.165) is 76.0 Å². The van der Waals surface area contributed by atoms with Crippen molar-refractivity contribution >= 4 is 17.9 Å². The number of benzene rings is 1. The summed E-state index contributed by atoms with van der Waals surface area (Å²) in [6, 6.07) is 12.7. The second-order valence-electron chi connectivity index (χ2n) is 14.1. The fourth-order valence-corrected chi connectivity index (χ4v) is 7.16. The highest BCUT2D eigenvalue weighted by Crippen LogP contribution is 2.28. The number of pyridine rings is 1. The van der Waals surface area contributed by atoms with Crippen molar-refractivity contribution in [1.82, 2.24) is 41.1 Å². The molecule has 1 aliphatic carbocycles. The summed E-state index contributed by atoms with van der Waals surface area (Å²) in [5.74, 6) is -0.505. The molecule has 0 spiro atoms. The average Bonchev–Trinajstić information content (AvgIpc) is 3.69. The van der Waals surface area contributed by atoms with E-state index in [0.29, 0.717) is 31.0 Å². The van der Waals surface area contributed by atoms with Crippen molar-refractivity contribution in [1.29, 1.82) is 0 Å². The molecule has 1 aliphatic heterocycles. The van der Waals surface area contributed by atoms with Crippen LogP contribution in [0.2, 0.25) is 0 Å². The van der Waals surface area contributed by atoms with E-state index in [1.54, 1.807) is 12.4 Å². The minimum Gasteiger partial charge on any atom is -0.448 e. The van der Waals surface area contributed by atoms with E-state index >= 15 is 0 Å². The Labute approximate surface area is 307 Å². The van der Waals surface area contributed by atoms with Crippen LogP contribution in [0.3, 0.4) is 0 Å². The van der Waals surface area contributed by atoms with Gasteiger partial charge < -0.3 is 36.1 Å². The van der Waals surface area contributed by atoms with Crippen molar-refractivity contribution in [2.75, 3.05) is 39.3 Å². The predicted molar refractivity (Wildman–Crippen MR) is 198 cm³/mol. The standard InChI is InChI=1S/C39H56N8O5/c48-36(16-9-15-31-14-7-8-17-42-31)33(24-29-10-3-1-4-11-29)44-38(50)35(26-32-27-41-28-43-32)45-37(49)34(25-30-12-5-2-6-13-30)46-39(51)52-23-22-47-20-18-40-19-21-47/h2,5-8,12-14,17,27-29,33-36,40,48H,1,3-4,9-11,15-16,18-26H2,(H,41,43)(H,44,50)(H,45,49)(H,46,51)/t33-,34-,35-,36-/m0/s1. The Morgan fingerprint density at radius 3 is 2.40 bits per heavy atom. The molecule has 5 rings (SSSR count). The lowest BCUT2D eigenvalue weighted by Gasteiger charge is -2.32. The number of aromatic nitrogens is 3. The highest BCUT2D eigenvalue weighted by Gasteiger charge is 2.32. The third-order valence-corrected chi connectivity index (χ3v) is 10.1. The number of carbonyl (C=O) groups excluding carboxylic acids is 3. The largest absolute Gasteiger partial charge is 0.448 e. The van der Waals surface area contributed by atoms with Crippen LogP contribution in [0.1, 0.15) is 68.3 Å². The molecule has 13 heteroatoms. The first-order valence-electron chi connectivity index (χ1n) is 19.0. The fourth-order valence-electron chi connectivity index (χ4n) is 7.16. The summed E-state index contributed by atoms with van der Waals surface area (Å²) in [7, 11) is 0. The number of hydrogen-bond donors (Lipinski definition) is 6. The summed E-state index contributed by atoms with van der Waals surface area (Å²) in [5.41, 5.74) is 2.48. The van der Waals surface area contributed by atoms with Crippen molar-refractivity contribution in [2.24, 2.45) is 5.92 Å². The van der Waals surface area contributed by atoms with Gasteiger partial charge in [-0.1, -0.05) is 68.5 Å². The third kappa shape index (κ3) is 13.3. The van der Waals surface area contributed by atoms with E-state index in [-0.39, 0.29) is 19.4 Å². The number of aliphatic hydroxyl groups excluding tert-OH is 1. The van der Waals surface area contributed by atoms with Crippen LogP contribution in [0.5, 0.6) is 0 Å². The van der Waals surface area contributed by atoms with Gasteiger partial charge in [0.05, 0.1) is 18.5 Å². The maximum absolute atomic E-state index is 14.1. The Balaban J connectivity index is 1.26. The quantitative estimate of drug-likeness (QED) is 0.109. The molecule has 1 aromatic carbocycles. The van der Waals surface area contributed by atoms with Gasteiger partial charge in [0.1, 0.15) is 18.7 Å². The van der Waals surface area contributed by atoms with Crippen molar-refractivity contribution < 1.29 is 24.2 Å². The first-order valence-corrected chi connectivity index (χ1v) is 19.0. The van der Waals surface area contributed by atoms with Crippen LogP contribution in [0.15, 0.2) is 67.3 Å². The van der Waals surface area contributed by atoms with Crippen molar-refractivity contribution in [3.8, 4) is 0 Å². The topological polar surface area (TPSA) is 174 Å². The van der Waals surface area contributed by atoms with Gasteiger partial charge in [0.15, 0.2) is 0 Å². The van der Waals surface area contributed by atoms with E-state index in [4.69, 9.17) is 4.74 Å². The molecule has 6 N–H and O–H groups in total. The highest BCUT2D eigenvalue weighted by atomic mass is 16.5. The zero-order chi connectivity index (χ0) is 36.4. The lowest BCUT2D eigenvalue weighted by atomic mass is 9.83. The molecule has 0 radical (unpaired) electrons. The Morgan fingerprint density at radius 2 is 1.67 bits per heavy atom. The van der Waals surface area contributed by atoms with Gasteiger partial charge in [-0.2, -0.15) is 0 Å². The minimum atomic E-state index is -0.999. The Bertz CT molecular complexity index is 1470. The molecule has 52 heavy (non-hydrogen) atoms. The van der Waals surface area contributed by atoms with Gasteiger partial charge in [-0.05, 0) is 49.3 Å². The number of ether oxygens (including phenoxy) is 1. The fraction of sp³-hybridized carbons (Fsp3) is 0.564. The number of aryl methyl sites for hydroxylation is 1. The normalized spacial score (nSPS) is 17.7. The zero-order valence-corrected chi connectivity index (χ0v) is 30.2. The van der Waals surface area contributed by atoms with Crippen LogP contribution < -0.4 is 21.3 Å². The molecule has 0 bridgehead atoms. The molecule has 2 aliphatic rings. The van der Waals surface area contributed by atoms with Crippen LogP contribution in [0.4, 0.5) is 4.79 Å². The van der Waals surface area contributed by atoms with Gasteiger partial charge in [0.25, 0.3) is 0 Å². The lowest BCUT2D eigenvalue weighted by Crippen LogP contribution is -2.57. The van der Waals surface area contributed by atoms with E-state index < -0.39 is 42.1 Å². The maximum atomic E-state index is 14.1. The summed E-state index contributed by atoms with van der Waals surface area (Å²) < 4.78 is 5.50. The van der Waals surface area contributed by atoms with Gasteiger partial charge in [-0.3, -0.25) is 19.5 Å². The zero-order valence-electron chi connectivity index (χ0n) is 30.2. The van der Waals surface area contributed by atoms with Crippen LogP contribution in [0.25, 0.3) is 0 Å². The monoisotopic (exact) mass is 716 g/mol. The molecule has 3 amide bonds. The number of rotatable bonds is 19. The molecular weight excluding hydrogens is 660 g/mol. The number of amides is 3. The number of carbonyl (C=O) groups is 3. The van der Waals surface area contributed by atoms with E-state index in [2.05, 4.69) is 41.1 Å². The number of aliphatic hydroxyl groups is 1. The predicted octanol–water partition coefficient (Wildman–Crippen LogP) is 2.91. The molecule has 3 heterocycles. The van der Waals surface area contributed by atoms with Crippen molar-refractivity contribution in [3.05, 3.63) is 84.2 Å². The molecule has 1 saturated heterocycles. The van der Waals surface area contributed by atoms with Gasteiger partial charge in [0.2, 0.25) is 11.8 Å². The Kier molecular flexibility index (Phi) is 15.9. The van der Waals surface area contributed by atoms with Gasteiger partial charge in [0, 0.05) is 69.3 Å². The van der Waals surface area contributed by atoms with E-state index in [9.17, 15) is 19.5 Å². The van der Waals surface area contributed by atoms with E-state index in [1.165, 1.54) is 12.7 Å². The average molecular weight is 717 g/mol.